The number of amides is 2. The topological polar surface area (TPSA) is 72.2 Å². The molecule has 1 aromatic heterocycles. The number of anilines is 1. The second kappa shape index (κ2) is 14.8. The lowest BCUT2D eigenvalue weighted by Gasteiger charge is -2.05. The van der Waals surface area contributed by atoms with E-state index in [2.05, 4.69) is 24.4 Å². The molecule has 0 spiro atoms. The summed E-state index contributed by atoms with van der Waals surface area (Å²) in [6.07, 6.45) is 15.0. The fraction of sp³-hybridized carbons (Fsp3) is 0.556. The van der Waals surface area contributed by atoms with Crippen LogP contribution >= 0.6 is 11.3 Å². The Bertz CT molecular complexity index is 830. The highest BCUT2D eigenvalue weighted by Gasteiger charge is 2.20. The van der Waals surface area contributed by atoms with Crippen molar-refractivity contribution in [2.24, 2.45) is 5.73 Å². The van der Waals surface area contributed by atoms with Gasteiger partial charge in [0, 0.05) is 17.7 Å². The van der Waals surface area contributed by atoms with Crippen molar-refractivity contribution in [3.05, 3.63) is 51.9 Å². The molecule has 0 bridgehead atoms. The Morgan fingerprint density at radius 1 is 0.875 bits per heavy atom. The van der Waals surface area contributed by atoms with E-state index >= 15 is 0 Å². The minimum Gasteiger partial charge on any atom is -0.365 e. The zero-order chi connectivity index (χ0) is 23.2. The van der Waals surface area contributed by atoms with Crippen molar-refractivity contribution in [2.45, 2.75) is 97.3 Å². The first-order chi connectivity index (χ1) is 15.5. The Labute approximate surface area is 198 Å². The highest BCUT2D eigenvalue weighted by Crippen LogP contribution is 2.34. The molecule has 0 fully saturated rings. The first kappa shape index (κ1) is 26.1. The van der Waals surface area contributed by atoms with E-state index in [4.69, 9.17) is 5.73 Å². The van der Waals surface area contributed by atoms with Crippen molar-refractivity contribution >= 4 is 28.2 Å². The predicted octanol–water partition coefficient (Wildman–Crippen LogP) is 7.39. The third-order valence-corrected chi connectivity index (χ3v) is 7.17. The molecule has 0 radical (unpaired) electrons. The van der Waals surface area contributed by atoms with Crippen LogP contribution < -0.4 is 11.1 Å². The molecule has 0 atom stereocenters. The van der Waals surface area contributed by atoms with Crippen LogP contribution in [-0.2, 0) is 11.2 Å². The second-order valence-electron chi connectivity index (χ2n) is 8.71. The Morgan fingerprint density at radius 2 is 1.44 bits per heavy atom. The zero-order valence-electron chi connectivity index (χ0n) is 19.9. The smallest absolute Gasteiger partial charge is 0.251 e. The highest BCUT2D eigenvalue weighted by molar-refractivity contribution is 7.17. The molecule has 0 unspecified atom stereocenters. The Kier molecular flexibility index (Phi) is 12.1. The van der Waals surface area contributed by atoms with Gasteiger partial charge in [0.05, 0.1) is 5.56 Å². The van der Waals surface area contributed by atoms with E-state index in [1.54, 1.807) is 0 Å². The number of nitrogens with two attached hydrogens (primary N) is 1. The number of thiophene rings is 1. The number of unbranched alkanes of at least 4 members (excludes halogenated alkanes) is 10. The van der Waals surface area contributed by atoms with Gasteiger partial charge in [-0.05, 0) is 24.5 Å². The lowest BCUT2D eigenvalue weighted by atomic mass is 10.0. The summed E-state index contributed by atoms with van der Waals surface area (Å²) in [5.74, 6) is -0.515. The van der Waals surface area contributed by atoms with E-state index < -0.39 is 5.91 Å². The van der Waals surface area contributed by atoms with Crippen LogP contribution in [0.25, 0.3) is 0 Å². The molecule has 0 saturated heterocycles. The van der Waals surface area contributed by atoms with Gasteiger partial charge in [0.25, 0.3) is 5.91 Å². The molecule has 4 nitrogen and oxygen atoms in total. The Balaban J connectivity index is 1.73. The van der Waals surface area contributed by atoms with Gasteiger partial charge in [-0.2, -0.15) is 0 Å². The van der Waals surface area contributed by atoms with Gasteiger partial charge in [-0.3, -0.25) is 9.59 Å². The molecule has 1 aromatic carbocycles. The first-order valence-electron chi connectivity index (χ1n) is 12.3. The van der Waals surface area contributed by atoms with Crippen LogP contribution in [-0.4, -0.2) is 11.8 Å². The number of carbonyl (C=O) groups excluding carboxylic acids is 2. The standard InChI is InChI=1S/C27H40N2O2S/c1-3-4-5-6-7-8-9-10-11-12-16-19-24(30)29-27-25(26(28)31)21(2)23(32-27)20-22-17-14-13-15-18-22/h13-15,17-18H,3-12,16,19-20H2,1-2H3,(H2,28,31)(H,29,30). The number of rotatable bonds is 16. The molecule has 0 aliphatic heterocycles. The molecule has 1 heterocycles. The van der Waals surface area contributed by atoms with Gasteiger partial charge < -0.3 is 11.1 Å². The molecule has 5 heteroatoms. The predicted molar refractivity (Wildman–Crippen MR) is 137 cm³/mol. The molecule has 0 aliphatic rings. The van der Waals surface area contributed by atoms with E-state index in [9.17, 15) is 9.59 Å². The maximum absolute atomic E-state index is 12.5. The van der Waals surface area contributed by atoms with Gasteiger partial charge in [0.2, 0.25) is 5.91 Å². The lowest BCUT2D eigenvalue weighted by molar-refractivity contribution is -0.116. The average molecular weight is 457 g/mol. The van der Waals surface area contributed by atoms with Crippen molar-refractivity contribution in [3.63, 3.8) is 0 Å². The van der Waals surface area contributed by atoms with Gasteiger partial charge in [-0.25, -0.2) is 0 Å². The minimum absolute atomic E-state index is 0.0315. The van der Waals surface area contributed by atoms with E-state index in [0.29, 0.717) is 17.0 Å². The van der Waals surface area contributed by atoms with E-state index in [1.807, 2.05) is 25.1 Å². The third-order valence-electron chi connectivity index (χ3n) is 5.96. The summed E-state index contributed by atoms with van der Waals surface area (Å²) in [5.41, 5.74) is 8.12. The van der Waals surface area contributed by atoms with Gasteiger partial charge in [0.15, 0.2) is 0 Å². The summed E-state index contributed by atoms with van der Waals surface area (Å²) in [6, 6.07) is 10.1. The van der Waals surface area contributed by atoms with Gasteiger partial charge >= 0.3 is 0 Å². The fourth-order valence-corrected chi connectivity index (χ4v) is 5.30. The van der Waals surface area contributed by atoms with Gasteiger partial charge in [-0.1, -0.05) is 101 Å². The van der Waals surface area contributed by atoms with Crippen molar-refractivity contribution in [1.82, 2.24) is 0 Å². The van der Waals surface area contributed by atoms with Crippen LogP contribution in [0.5, 0.6) is 0 Å². The molecule has 176 valence electrons. The number of hydrogen-bond donors (Lipinski definition) is 2. The third kappa shape index (κ3) is 9.15. The van der Waals surface area contributed by atoms with Crippen molar-refractivity contribution in [3.8, 4) is 0 Å². The number of primary amides is 1. The molecular formula is C27H40N2O2S. The van der Waals surface area contributed by atoms with Gasteiger partial charge in [-0.15, -0.1) is 11.3 Å². The van der Waals surface area contributed by atoms with Crippen LogP contribution in [0.15, 0.2) is 30.3 Å². The van der Waals surface area contributed by atoms with Crippen LogP contribution in [0, 0.1) is 6.92 Å². The summed E-state index contributed by atoms with van der Waals surface area (Å²) in [7, 11) is 0. The van der Waals surface area contributed by atoms with Crippen molar-refractivity contribution < 1.29 is 9.59 Å². The molecule has 0 saturated carbocycles. The lowest BCUT2D eigenvalue weighted by Crippen LogP contribution is -2.17. The summed E-state index contributed by atoms with van der Waals surface area (Å²) < 4.78 is 0. The van der Waals surface area contributed by atoms with Crippen molar-refractivity contribution in [2.75, 3.05) is 5.32 Å². The molecule has 2 aromatic rings. The summed E-state index contributed by atoms with van der Waals surface area (Å²) in [6.45, 7) is 4.16. The van der Waals surface area contributed by atoms with E-state index in [-0.39, 0.29) is 5.91 Å². The van der Waals surface area contributed by atoms with Crippen LogP contribution in [0.2, 0.25) is 0 Å². The molecule has 0 aliphatic carbocycles. The van der Waals surface area contributed by atoms with E-state index in [0.717, 1.165) is 29.7 Å². The second-order valence-corrected chi connectivity index (χ2v) is 9.82. The van der Waals surface area contributed by atoms with Crippen LogP contribution in [0.1, 0.15) is 110 Å². The van der Waals surface area contributed by atoms with Gasteiger partial charge in [0.1, 0.15) is 5.00 Å². The SMILES string of the molecule is CCCCCCCCCCCCCC(=O)Nc1sc(Cc2ccccc2)c(C)c1C(N)=O. The summed E-state index contributed by atoms with van der Waals surface area (Å²) >= 11 is 1.46. The molecule has 3 N–H and O–H groups in total. The largest absolute Gasteiger partial charge is 0.365 e. The van der Waals surface area contributed by atoms with E-state index in [1.165, 1.54) is 74.7 Å². The number of nitrogens with one attached hydrogen (secondary N) is 1. The highest BCUT2D eigenvalue weighted by atomic mass is 32.1. The summed E-state index contributed by atoms with van der Waals surface area (Å²) in [4.78, 5) is 25.6. The summed E-state index contributed by atoms with van der Waals surface area (Å²) in [5, 5.41) is 3.54. The average Bonchev–Trinajstić information content (AvgIpc) is 3.07. The maximum atomic E-state index is 12.5. The monoisotopic (exact) mass is 456 g/mol. The Morgan fingerprint density at radius 3 is 2.00 bits per heavy atom. The molecule has 2 rings (SSSR count). The molecular weight excluding hydrogens is 416 g/mol. The number of benzene rings is 1. The quantitative estimate of drug-likeness (QED) is 0.259. The minimum atomic E-state index is -0.483. The van der Waals surface area contributed by atoms with Crippen LogP contribution in [0.3, 0.4) is 0 Å². The first-order valence-corrected chi connectivity index (χ1v) is 13.1. The molecule has 32 heavy (non-hydrogen) atoms. The maximum Gasteiger partial charge on any atom is 0.251 e. The van der Waals surface area contributed by atoms with Crippen molar-refractivity contribution in [1.29, 1.82) is 0 Å². The number of carbonyl (C=O) groups is 2. The number of hydrogen-bond acceptors (Lipinski definition) is 3. The Hall–Kier alpha value is -2.14. The normalized spacial score (nSPS) is 10.9. The molecule has 2 amide bonds. The fourth-order valence-electron chi connectivity index (χ4n) is 4.03. The zero-order valence-corrected chi connectivity index (χ0v) is 20.7. The van der Waals surface area contributed by atoms with Crippen LogP contribution in [0.4, 0.5) is 5.00 Å².